The van der Waals surface area contributed by atoms with Gasteiger partial charge in [0.05, 0.1) is 17.1 Å². The van der Waals surface area contributed by atoms with Gasteiger partial charge < -0.3 is 5.73 Å². The summed E-state index contributed by atoms with van der Waals surface area (Å²) in [5.74, 6) is -1.77. The van der Waals surface area contributed by atoms with Gasteiger partial charge in [-0.05, 0) is 25.1 Å². The van der Waals surface area contributed by atoms with Gasteiger partial charge in [-0.25, -0.2) is 13.5 Å². The predicted octanol–water partition coefficient (Wildman–Crippen LogP) is 1.92. The minimum atomic E-state index is -0.895. The van der Waals surface area contributed by atoms with Gasteiger partial charge in [0.25, 0.3) is 0 Å². The zero-order chi connectivity index (χ0) is 11.7. The van der Waals surface area contributed by atoms with Crippen molar-refractivity contribution in [3.63, 3.8) is 0 Å². The summed E-state index contributed by atoms with van der Waals surface area (Å²) in [6.07, 6.45) is 0. The first-order valence-corrected chi connectivity index (χ1v) is 4.83. The van der Waals surface area contributed by atoms with Gasteiger partial charge in [0.2, 0.25) is 0 Å². The Bertz CT molecular complexity index is 520. The monoisotopic (exact) mass is 223 g/mol. The van der Waals surface area contributed by atoms with E-state index in [2.05, 4.69) is 5.10 Å². The van der Waals surface area contributed by atoms with Crippen LogP contribution >= 0.6 is 0 Å². The Balaban J connectivity index is 2.53. The highest BCUT2D eigenvalue weighted by molar-refractivity contribution is 5.34. The average molecular weight is 223 g/mol. The molecule has 0 saturated heterocycles. The molecule has 0 aliphatic carbocycles. The SMILES string of the molecule is Cc1cc(CN)n(-c2ccc(F)c(F)c2)n1. The van der Waals surface area contributed by atoms with Crippen LogP contribution in [0.2, 0.25) is 0 Å². The van der Waals surface area contributed by atoms with Gasteiger partial charge in [0, 0.05) is 12.6 Å². The minimum absolute atomic E-state index is 0.292. The van der Waals surface area contributed by atoms with Crippen molar-refractivity contribution in [3.05, 3.63) is 47.3 Å². The van der Waals surface area contributed by atoms with E-state index in [0.29, 0.717) is 12.2 Å². The van der Waals surface area contributed by atoms with E-state index in [1.165, 1.54) is 10.7 Å². The van der Waals surface area contributed by atoms with Crippen LogP contribution in [-0.4, -0.2) is 9.78 Å². The van der Waals surface area contributed by atoms with Crippen LogP contribution in [0.4, 0.5) is 8.78 Å². The van der Waals surface area contributed by atoms with Crippen molar-refractivity contribution in [2.75, 3.05) is 0 Å². The molecular formula is C11H11F2N3. The lowest BCUT2D eigenvalue weighted by molar-refractivity contribution is 0.507. The molecule has 2 N–H and O–H groups in total. The average Bonchev–Trinajstić information content (AvgIpc) is 2.63. The Labute approximate surface area is 91.5 Å². The molecule has 5 heteroatoms. The fourth-order valence-electron chi connectivity index (χ4n) is 1.54. The van der Waals surface area contributed by atoms with Gasteiger partial charge >= 0.3 is 0 Å². The van der Waals surface area contributed by atoms with Crippen LogP contribution in [0.1, 0.15) is 11.4 Å². The first-order chi connectivity index (χ1) is 7.61. The van der Waals surface area contributed by atoms with Crippen molar-refractivity contribution >= 4 is 0 Å². The number of rotatable bonds is 2. The van der Waals surface area contributed by atoms with E-state index in [1.807, 2.05) is 6.92 Å². The van der Waals surface area contributed by atoms with Crippen LogP contribution in [0.5, 0.6) is 0 Å². The van der Waals surface area contributed by atoms with Crippen molar-refractivity contribution in [1.29, 1.82) is 0 Å². The molecule has 0 aliphatic heterocycles. The molecule has 84 valence electrons. The molecule has 0 aliphatic rings. The maximum atomic E-state index is 13.1. The molecule has 0 amide bonds. The van der Waals surface area contributed by atoms with E-state index in [1.54, 1.807) is 6.07 Å². The Kier molecular flexibility index (Phi) is 2.70. The topological polar surface area (TPSA) is 43.8 Å². The van der Waals surface area contributed by atoms with Crippen molar-refractivity contribution in [2.45, 2.75) is 13.5 Å². The second-order valence-electron chi connectivity index (χ2n) is 3.49. The van der Waals surface area contributed by atoms with Crippen molar-refractivity contribution in [3.8, 4) is 5.69 Å². The maximum absolute atomic E-state index is 13.1. The van der Waals surface area contributed by atoms with E-state index in [-0.39, 0.29) is 0 Å². The molecule has 0 atom stereocenters. The summed E-state index contributed by atoms with van der Waals surface area (Å²) in [4.78, 5) is 0. The molecule has 0 fully saturated rings. The highest BCUT2D eigenvalue weighted by Gasteiger charge is 2.08. The van der Waals surface area contributed by atoms with Crippen LogP contribution < -0.4 is 5.73 Å². The number of aromatic nitrogens is 2. The van der Waals surface area contributed by atoms with E-state index in [0.717, 1.165) is 23.5 Å². The third kappa shape index (κ3) is 1.81. The number of aryl methyl sites for hydroxylation is 1. The Morgan fingerprint density at radius 1 is 1.25 bits per heavy atom. The summed E-state index contributed by atoms with van der Waals surface area (Å²) >= 11 is 0. The van der Waals surface area contributed by atoms with Crippen LogP contribution in [-0.2, 0) is 6.54 Å². The van der Waals surface area contributed by atoms with Gasteiger partial charge in [0.1, 0.15) is 0 Å². The number of hydrogen-bond acceptors (Lipinski definition) is 2. The molecule has 3 nitrogen and oxygen atoms in total. The number of nitrogens with zero attached hydrogens (tertiary/aromatic N) is 2. The molecule has 0 spiro atoms. The van der Waals surface area contributed by atoms with Gasteiger partial charge in [-0.3, -0.25) is 0 Å². The Morgan fingerprint density at radius 3 is 2.62 bits per heavy atom. The zero-order valence-electron chi connectivity index (χ0n) is 8.74. The predicted molar refractivity (Wildman–Crippen MR) is 56.1 cm³/mol. The molecule has 0 saturated carbocycles. The maximum Gasteiger partial charge on any atom is 0.160 e. The summed E-state index contributed by atoms with van der Waals surface area (Å²) < 4.78 is 27.3. The van der Waals surface area contributed by atoms with E-state index >= 15 is 0 Å². The third-order valence-corrected chi connectivity index (χ3v) is 2.26. The van der Waals surface area contributed by atoms with E-state index in [4.69, 9.17) is 5.73 Å². The van der Waals surface area contributed by atoms with Crippen LogP contribution in [0, 0.1) is 18.6 Å². The second-order valence-corrected chi connectivity index (χ2v) is 3.49. The molecule has 1 heterocycles. The molecule has 0 bridgehead atoms. The van der Waals surface area contributed by atoms with E-state index in [9.17, 15) is 8.78 Å². The minimum Gasteiger partial charge on any atom is -0.325 e. The lowest BCUT2D eigenvalue weighted by Gasteiger charge is -2.05. The number of benzene rings is 1. The number of hydrogen-bond donors (Lipinski definition) is 1. The molecule has 16 heavy (non-hydrogen) atoms. The molecule has 2 rings (SSSR count). The number of nitrogens with two attached hydrogens (primary N) is 1. The molecule has 0 radical (unpaired) electrons. The lowest BCUT2D eigenvalue weighted by atomic mass is 10.3. The normalized spacial score (nSPS) is 10.8. The van der Waals surface area contributed by atoms with Gasteiger partial charge in [-0.15, -0.1) is 0 Å². The molecular weight excluding hydrogens is 212 g/mol. The highest BCUT2D eigenvalue weighted by atomic mass is 19.2. The standard InChI is InChI=1S/C11H11F2N3/c1-7-4-9(6-14)16(15-7)8-2-3-10(12)11(13)5-8/h2-5H,6,14H2,1H3. The Hall–Kier alpha value is -1.75. The summed E-state index contributed by atoms with van der Waals surface area (Å²) in [6.45, 7) is 2.11. The van der Waals surface area contributed by atoms with Gasteiger partial charge in [0.15, 0.2) is 11.6 Å². The van der Waals surface area contributed by atoms with Crippen molar-refractivity contribution < 1.29 is 8.78 Å². The van der Waals surface area contributed by atoms with Crippen molar-refractivity contribution in [1.82, 2.24) is 9.78 Å². The lowest BCUT2D eigenvalue weighted by Crippen LogP contribution is -2.07. The Morgan fingerprint density at radius 2 is 2.00 bits per heavy atom. The van der Waals surface area contributed by atoms with Crippen LogP contribution in [0.3, 0.4) is 0 Å². The molecule has 2 aromatic rings. The fourth-order valence-corrected chi connectivity index (χ4v) is 1.54. The first-order valence-electron chi connectivity index (χ1n) is 4.83. The highest BCUT2D eigenvalue weighted by Crippen LogP contribution is 2.15. The zero-order valence-corrected chi connectivity index (χ0v) is 8.74. The fraction of sp³-hybridized carbons (Fsp3) is 0.182. The molecule has 0 unspecified atom stereocenters. The quantitative estimate of drug-likeness (QED) is 0.845. The summed E-state index contributed by atoms with van der Waals surface area (Å²) in [5, 5.41) is 4.17. The second kappa shape index (κ2) is 4.02. The first kappa shape index (κ1) is 10.8. The van der Waals surface area contributed by atoms with Gasteiger partial charge in [-0.1, -0.05) is 0 Å². The van der Waals surface area contributed by atoms with Crippen LogP contribution in [0.15, 0.2) is 24.3 Å². The summed E-state index contributed by atoms with van der Waals surface area (Å²) in [5.41, 5.74) is 7.54. The summed E-state index contributed by atoms with van der Waals surface area (Å²) in [7, 11) is 0. The van der Waals surface area contributed by atoms with E-state index < -0.39 is 11.6 Å². The van der Waals surface area contributed by atoms with Gasteiger partial charge in [-0.2, -0.15) is 5.10 Å². The van der Waals surface area contributed by atoms with Crippen LogP contribution in [0.25, 0.3) is 5.69 Å². The van der Waals surface area contributed by atoms with Crippen molar-refractivity contribution in [2.24, 2.45) is 5.73 Å². The third-order valence-electron chi connectivity index (χ3n) is 2.26. The number of halogens is 2. The molecule has 1 aromatic carbocycles. The smallest absolute Gasteiger partial charge is 0.160 e. The summed E-state index contributed by atoms with van der Waals surface area (Å²) in [6, 6.07) is 5.44. The molecule has 1 aromatic heterocycles. The largest absolute Gasteiger partial charge is 0.325 e.